The summed E-state index contributed by atoms with van der Waals surface area (Å²) in [7, 11) is 4.87. The fraction of sp³-hybridized carbons (Fsp3) is 0.214. The molecule has 1 heterocycles. The predicted octanol–water partition coefficient (Wildman–Crippen LogP) is 6.28. The van der Waals surface area contributed by atoms with Crippen LogP contribution in [-0.2, 0) is 4.79 Å². The molecular weight excluding hydrogens is 474 g/mol. The highest BCUT2D eigenvalue weighted by molar-refractivity contribution is 8.00. The summed E-state index contributed by atoms with van der Waals surface area (Å²) in [5.74, 6) is 2.06. The lowest BCUT2D eigenvalue weighted by Gasteiger charge is -2.15. The van der Waals surface area contributed by atoms with Crippen molar-refractivity contribution in [2.45, 2.75) is 23.8 Å². The van der Waals surface area contributed by atoms with Crippen LogP contribution < -0.4 is 19.5 Å². The smallest absolute Gasteiger partial charge is 0.238 e. The molecular formula is C28H29N3O4S. The molecule has 3 aromatic carbocycles. The quantitative estimate of drug-likeness (QED) is 0.248. The average Bonchev–Trinajstić information content (AvgIpc) is 3.36. The molecule has 4 aromatic rings. The molecule has 1 amide bonds. The van der Waals surface area contributed by atoms with E-state index in [1.165, 1.54) is 11.8 Å². The number of H-pyrrole nitrogens is 1. The van der Waals surface area contributed by atoms with Gasteiger partial charge in [-0.2, -0.15) is 0 Å². The second-order valence-electron chi connectivity index (χ2n) is 7.93. The second kappa shape index (κ2) is 11.7. The summed E-state index contributed by atoms with van der Waals surface area (Å²) in [6.45, 7) is 1.98. The number of carbonyl (C=O) groups is 1. The van der Waals surface area contributed by atoms with Crippen LogP contribution in [0.15, 0.2) is 78.0 Å². The molecule has 0 fully saturated rings. The molecule has 186 valence electrons. The Balaban J connectivity index is 1.64. The molecule has 36 heavy (non-hydrogen) atoms. The first-order valence-electron chi connectivity index (χ1n) is 11.6. The van der Waals surface area contributed by atoms with Crippen molar-refractivity contribution in [2.75, 3.05) is 26.6 Å². The number of aromatic amines is 1. The molecule has 0 aliphatic rings. The highest BCUT2D eigenvalue weighted by Crippen LogP contribution is 2.36. The van der Waals surface area contributed by atoms with Crippen LogP contribution in [0.5, 0.6) is 17.2 Å². The molecule has 0 aliphatic heterocycles. The van der Waals surface area contributed by atoms with Gasteiger partial charge >= 0.3 is 0 Å². The van der Waals surface area contributed by atoms with Gasteiger partial charge in [-0.05, 0) is 67.1 Å². The van der Waals surface area contributed by atoms with Crippen molar-refractivity contribution in [1.82, 2.24) is 9.97 Å². The van der Waals surface area contributed by atoms with Gasteiger partial charge in [-0.3, -0.25) is 4.79 Å². The van der Waals surface area contributed by atoms with Gasteiger partial charge in [0.25, 0.3) is 0 Å². The molecule has 0 spiro atoms. The Morgan fingerprint density at radius 2 is 1.50 bits per heavy atom. The third kappa shape index (κ3) is 5.66. The highest BCUT2D eigenvalue weighted by Gasteiger charge is 2.23. The zero-order chi connectivity index (χ0) is 25.5. The first-order valence-corrected chi connectivity index (χ1v) is 12.4. The van der Waals surface area contributed by atoms with E-state index in [1.54, 1.807) is 21.3 Å². The molecule has 4 rings (SSSR count). The topological polar surface area (TPSA) is 85.5 Å². The van der Waals surface area contributed by atoms with E-state index >= 15 is 0 Å². The van der Waals surface area contributed by atoms with Crippen molar-refractivity contribution in [3.63, 3.8) is 0 Å². The van der Waals surface area contributed by atoms with Gasteiger partial charge in [-0.1, -0.05) is 30.8 Å². The van der Waals surface area contributed by atoms with Crippen molar-refractivity contribution < 1.29 is 19.0 Å². The summed E-state index contributed by atoms with van der Waals surface area (Å²) < 4.78 is 16.0. The van der Waals surface area contributed by atoms with E-state index in [1.807, 2.05) is 79.7 Å². The summed E-state index contributed by atoms with van der Waals surface area (Å²) in [4.78, 5) is 21.5. The van der Waals surface area contributed by atoms with Crippen LogP contribution in [0.2, 0.25) is 0 Å². The summed E-state index contributed by atoms with van der Waals surface area (Å²) in [6, 6.07) is 22.9. The number of anilines is 1. The van der Waals surface area contributed by atoms with Gasteiger partial charge < -0.3 is 24.5 Å². The summed E-state index contributed by atoms with van der Waals surface area (Å²) in [5, 5.41) is 3.30. The Kier molecular flexibility index (Phi) is 8.17. The van der Waals surface area contributed by atoms with Crippen LogP contribution in [0.3, 0.4) is 0 Å². The normalized spacial score (nSPS) is 11.6. The zero-order valence-corrected chi connectivity index (χ0v) is 21.5. The average molecular weight is 504 g/mol. The first-order chi connectivity index (χ1) is 17.6. The Hall–Kier alpha value is -3.91. The van der Waals surface area contributed by atoms with Gasteiger partial charge in [0.15, 0.2) is 5.16 Å². The number of aromatic nitrogens is 2. The number of imidazole rings is 1. The molecule has 0 saturated heterocycles. The van der Waals surface area contributed by atoms with Gasteiger partial charge in [0.05, 0.1) is 43.7 Å². The molecule has 1 atom stereocenters. The van der Waals surface area contributed by atoms with Crippen LogP contribution in [0, 0.1) is 0 Å². The van der Waals surface area contributed by atoms with Gasteiger partial charge in [0.1, 0.15) is 17.2 Å². The van der Waals surface area contributed by atoms with E-state index in [-0.39, 0.29) is 11.2 Å². The predicted molar refractivity (Wildman–Crippen MR) is 144 cm³/mol. The summed E-state index contributed by atoms with van der Waals surface area (Å²) in [5.41, 5.74) is 4.21. The molecule has 8 heteroatoms. The number of ether oxygens (including phenoxy) is 3. The van der Waals surface area contributed by atoms with E-state index in [0.717, 1.165) is 34.0 Å². The van der Waals surface area contributed by atoms with Crippen LogP contribution in [0.1, 0.15) is 13.3 Å². The number of nitrogens with one attached hydrogen (secondary N) is 2. The molecule has 0 saturated carbocycles. The van der Waals surface area contributed by atoms with Gasteiger partial charge in [-0.15, -0.1) is 0 Å². The number of hydrogen-bond acceptors (Lipinski definition) is 6. The van der Waals surface area contributed by atoms with E-state index in [4.69, 9.17) is 19.2 Å². The first kappa shape index (κ1) is 25.2. The number of thioether (sulfide) groups is 1. The van der Waals surface area contributed by atoms with Crippen LogP contribution in [0.25, 0.3) is 22.5 Å². The fourth-order valence-electron chi connectivity index (χ4n) is 3.75. The molecule has 0 bridgehead atoms. The Morgan fingerprint density at radius 1 is 0.889 bits per heavy atom. The molecule has 2 N–H and O–H groups in total. The van der Waals surface area contributed by atoms with E-state index < -0.39 is 0 Å². The minimum absolute atomic E-state index is 0.111. The van der Waals surface area contributed by atoms with Gasteiger partial charge in [-0.25, -0.2) is 4.98 Å². The maximum Gasteiger partial charge on any atom is 0.238 e. The third-order valence-corrected chi connectivity index (χ3v) is 6.95. The number of rotatable bonds is 10. The Morgan fingerprint density at radius 3 is 2.08 bits per heavy atom. The minimum atomic E-state index is -0.353. The third-order valence-electron chi connectivity index (χ3n) is 5.71. The Labute approximate surface area is 215 Å². The number of benzene rings is 3. The standard InChI is InChI=1S/C28H29N3O4S/c1-5-24(27(32)29-22-8-6-7-9-23(22)35-4)36-28-30-25(18-10-14-20(33-2)15-11-18)26(31-28)19-12-16-21(34-3)17-13-19/h6-17,24H,5H2,1-4H3,(H,29,32)(H,30,31). The number of methoxy groups -OCH3 is 3. The van der Waals surface area contributed by atoms with Gasteiger partial charge in [0, 0.05) is 11.1 Å². The minimum Gasteiger partial charge on any atom is -0.497 e. The van der Waals surface area contributed by atoms with Crippen molar-refractivity contribution >= 4 is 23.4 Å². The lowest BCUT2D eigenvalue weighted by molar-refractivity contribution is -0.115. The highest BCUT2D eigenvalue weighted by atomic mass is 32.2. The van der Waals surface area contributed by atoms with Crippen LogP contribution >= 0.6 is 11.8 Å². The van der Waals surface area contributed by atoms with Crippen molar-refractivity contribution in [2.24, 2.45) is 0 Å². The zero-order valence-electron chi connectivity index (χ0n) is 20.7. The lowest BCUT2D eigenvalue weighted by Crippen LogP contribution is -2.25. The number of carbonyl (C=O) groups excluding carboxylic acids is 1. The second-order valence-corrected chi connectivity index (χ2v) is 9.12. The summed E-state index contributed by atoms with van der Waals surface area (Å²) >= 11 is 1.40. The van der Waals surface area contributed by atoms with E-state index in [0.29, 0.717) is 23.0 Å². The lowest BCUT2D eigenvalue weighted by atomic mass is 10.0. The molecule has 1 aromatic heterocycles. The maximum absolute atomic E-state index is 13.1. The maximum atomic E-state index is 13.1. The number of amides is 1. The molecule has 0 radical (unpaired) electrons. The van der Waals surface area contributed by atoms with Gasteiger partial charge in [0.2, 0.25) is 5.91 Å². The number of hydrogen-bond donors (Lipinski definition) is 2. The molecule has 0 aliphatic carbocycles. The molecule has 1 unspecified atom stereocenters. The van der Waals surface area contributed by atoms with Crippen LogP contribution in [-0.4, -0.2) is 42.5 Å². The molecule has 7 nitrogen and oxygen atoms in total. The summed E-state index contributed by atoms with van der Waals surface area (Å²) in [6.07, 6.45) is 0.627. The number of para-hydroxylation sites is 2. The van der Waals surface area contributed by atoms with E-state index in [9.17, 15) is 4.79 Å². The largest absolute Gasteiger partial charge is 0.497 e. The van der Waals surface area contributed by atoms with Crippen molar-refractivity contribution in [1.29, 1.82) is 0 Å². The van der Waals surface area contributed by atoms with Crippen molar-refractivity contribution in [3.05, 3.63) is 72.8 Å². The van der Waals surface area contributed by atoms with Crippen LogP contribution in [0.4, 0.5) is 5.69 Å². The fourth-order valence-corrected chi connectivity index (χ4v) is 4.66. The number of nitrogens with zero attached hydrogens (tertiary/aromatic N) is 1. The SMILES string of the molecule is CCC(Sc1nc(-c2ccc(OC)cc2)c(-c2ccc(OC)cc2)[nH]1)C(=O)Nc1ccccc1OC. The van der Waals surface area contributed by atoms with E-state index in [2.05, 4.69) is 10.3 Å². The Bertz CT molecular complexity index is 1240. The monoisotopic (exact) mass is 503 g/mol. The van der Waals surface area contributed by atoms with Crippen molar-refractivity contribution in [3.8, 4) is 39.8 Å².